The standard InChI is InChI=1S/C34H29N3O2/c1-38-27-16-18-36-34(22-27)39-28-10-6-9-24(19-28)25-13-14-30-29-11-4-5-12-31(29)37(32(30)20-25)33-21-26(15-17-35-33)23-7-2-3-8-23/h4-6,9-23H,2-3,7-8H2,1H3. The van der Waals surface area contributed by atoms with E-state index in [0.29, 0.717) is 17.5 Å². The fourth-order valence-corrected chi connectivity index (χ4v) is 5.90. The molecule has 1 aliphatic rings. The Morgan fingerprint density at radius 2 is 1.51 bits per heavy atom. The first-order valence-corrected chi connectivity index (χ1v) is 13.5. The maximum absolute atomic E-state index is 6.07. The van der Waals surface area contributed by atoms with Crippen molar-refractivity contribution in [1.29, 1.82) is 0 Å². The second kappa shape index (κ2) is 9.91. The van der Waals surface area contributed by atoms with Gasteiger partial charge in [-0.05, 0) is 77.9 Å². The molecule has 0 aliphatic heterocycles. The van der Waals surface area contributed by atoms with Crippen molar-refractivity contribution in [2.24, 2.45) is 0 Å². The number of fused-ring (bicyclic) bond motifs is 3. The van der Waals surface area contributed by atoms with Crippen LogP contribution in [0.1, 0.15) is 37.2 Å². The molecule has 1 fully saturated rings. The van der Waals surface area contributed by atoms with Crippen molar-refractivity contribution in [2.45, 2.75) is 31.6 Å². The van der Waals surface area contributed by atoms with Gasteiger partial charge in [-0.15, -0.1) is 0 Å². The molecule has 39 heavy (non-hydrogen) atoms. The highest BCUT2D eigenvalue weighted by Gasteiger charge is 2.19. The number of hydrogen-bond acceptors (Lipinski definition) is 4. The van der Waals surface area contributed by atoms with Gasteiger partial charge in [0, 0.05) is 29.2 Å². The molecule has 0 atom stereocenters. The molecule has 1 saturated carbocycles. The third-order valence-corrected chi connectivity index (χ3v) is 7.83. The zero-order chi connectivity index (χ0) is 26.2. The van der Waals surface area contributed by atoms with Crippen LogP contribution in [0.5, 0.6) is 17.4 Å². The highest BCUT2D eigenvalue weighted by atomic mass is 16.5. The van der Waals surface area contributed by atoms with Crippen molar-refractivity contribution in [1.82, 2.24) is 14.5 Å². The number of nitrogens with zero attached hydrogens (tertiary/aromatic N) is 3. The summed E-state index contributed by atoms with van der Waals surface area (Å²) in [4.78, 5) is 9.18. The topological polar surface area (TPSA) is 49.2 Å². The summed E-state index contributed by atoms with van der Waals surface area (Å²) in [6.07, 6.45) is 8.83. The lowest BCUT2D eigenvalue weighted by atomic mass is 9.99. The lowest BCUT2D eigenvalue weighted by Crippen LogP contribution is -2.00. The molecule has 0 spiro atoms. The van der Waals surface area contributed by atoms with Crippen molar-refractivity contribution in [3.05, 3.63) is 109 Å². The van der Waals surface area contributed by atoms with Gasteiger partial charge in [-0.1, -0.05) is 55.3 Å². The predicted octanol–water partition coefficient (Wildman–Crippen LogP) is 8.70. The van der Waals surface area contributed by atoms with E-state index < -0.39 is 0 Å². The molecular weight excluding hydrogens is 482 g/mol. The van der Waals surface area contributed by atoms with Crippen LogP contribution in [0.15, 0.2) is 103 Å². The summed E-state index contributed by atoms with van der Waals surface area (Å²) < 4.78 is 13.7. The average molecular weight is 512 g/mol. The van der Waals surface area contributed by atoms with Crippen molar-refractivity contribution < 1.29 is 9.47 Å². The summed E-state index contributed by atoms with van der Waals surface area (Å²) in [5.41, 5.74) is 5.90. The maximum Gasteiger partial charge on any atom is 0.222 e. The number of benzene rings is 3. The average Bonchev–Trinajstić information content (AvgIpc) is 3.64. The van der Waals surface area contributed by atoms with Crippen molar-refractivity contribution in [3.8, 4) is 34.3 Å². The van der Waals surface area contributed by atoms with Crippen molar-refractivity contribution >= 4 is 21.8 Å². The minimum absolute atomic E-state index is 0.496. The van der Waals surface area contributed by atoms with E-state index in [1.165, 1.54) is 47.5 Å². The largest absolute Gasteiger partial charge is 0.497 e. The number of methoxy groups -OCH3 is 1. The Morgan fingerprint density at radius 3 is 2.41 bits per heavy atom. The molecular formula is C34H29N3O2. The van der Waals surface area contributed by atoms with E-state index in [1.807, 2.05) is 24.4 Å². The highest BCUT2D eigenvalue weighted by Crippen LogP contribution is 2.38. The maximum atomic E-state index is 6.07. The van der Waals surface area contributed by atoms with Gasteiger partial charge in [-0.3, -0.25) is 4.57 Å². The first-order valence-electron chi connectivity index (χ1n) is 13.5. The minimum atomic E-state index is 0.496. The molecule has 1 aliphatic carbocycles. The van der Waals surface area contributed by atoms with Crippen molar-refractivity contribution in [3.63, 3.8) is 0 Å². The third kappa shape index (κ3) is 4.40. The summed E-state index contributed by atoms with van der Waals surface area (Å²) in [6.45, 7) is 0. The van der Waals surface area contributed by atoms with E-state index in [0.717, 1.165) is 28.2 Å². The fourth-order valence-electron chi connectivity index (χ4n) is 5.90. The molecule has 3 heterocycles. The van der Waals surface area contributed by atoms with Crippen LogP contribution in [0.25, 0.3) is 38.8 Å². The number of hydrogen-bond donors (Lipinski definition) is 0. The van der Waals surface area contributed by atoms with Crippen LogP contribution in [-0.2, 0) is 0 Å². The zero-order valence-electron chi connectivity index (χ0n) is 21.9. The van der Waals surface area contributed by atoms with E-state index in [-0.39, 0.29) is 0 Å². The Hall–Kier alpha value is -4.64. The van der Waals surface area contributed by atoms with Gasteiger partial charge in [0.05, 0.1) is 18.1 Å². The highest BCUT2D eigenvalue weighted by molar-refractivity contribution is 6.10. The fraction of sp³-hybridized carbons (Fsp3) is 0.176. The predicted molar refractivity (Wildman–Crippen MR) is 156 cm³/mol. The van der Waals surface area contributed by atoms with Crippen LogP contribution < -0.4 is 9.47 Å². The number of aromatic nitrogens is 3. The Labute approximate surface area is 227 Å². The molecule has 5 nitrogen and oxygen atoms in total. The third-order valence-electron chi connectivity index (χ3n) is 7.83. The van der Waals surface area contributed by atoms with Gasteiger partial charge in [0.1, 0.15) is 17.3 Å². The minimum Gasteiger partial charge on any atom is -0.497 e. The zero-order valence-corrected chi connectivity index (χ0v) is 21.9. The van der Waals surface area contributed by atoms with Crippen LogP contribution in [0.2, 0.25) is 0 Å². The van der Waals surface area contributed by atoms with E-state index in [1.54, 1.807) is 25.4 Å². The molecule has 5 heteroatoms. The van der Waals surface area contributed by atoms with Gasteiger partial charge in [-0.25, -0.2) is 9.97 Å². The molecule has 0 radical (unpaired) electrons. The second-order valence-corrected chi connectivity index (χ2v) is 10.2. The first-order chi connectivity index (χ1) is 19.3. The van der Waals surface area contributed by atoms with Crippen LogP contribution in [0, 0.1) is 0 Å². The summed E-state index contributed by atoms with van der Waals surface area (Å²) >= 11 is 0. The Balaban J connectivity index is 1.33. The van der Waals surface area contributed by atoms with Crippen LogP contribution in [0.4, 0.5) is 0 Å². The second-order valence-electron chi connectivity index (χ2n) is 10.2. The quantitative estimate of drug-likeness (QED) is 0.224. The van der Waals surface area contributed by atoms with E-state index >= 15 is 0 Å². The van der Waals surface area contributed by atoms with Gasteiger partial charge < -0.3 is 9.47 Å². The normalized spacial score (nSPS) is 13.8. The Morgan fingerprint density at radius 1 is 0.692 bits per heavy atom. The lowest BCUT2D eigenvalue weighted by molar-refractivity contribution is 0.405. The molecule has 0 unspecified atom stereocenters. The number of rotatable bonds is 6. The first kappa shape index (κ1) is 23.5. The smallest absolute Gasteiger partial charge is 0.222 e. The molecule has 0 N–H and O–H groups in total. The molecule has 0 amide bonds. The summed E-state index contributed by atoms with van der Waals surface area (Å²) in [7, 11) is 1.63. The molecule has 192 valence electrons. The number of para-hydroxylation sites is 1. The molecule has 3 aromatic carbocycles. The van der Waals surface area contributed by atoms with E-state index in [9.17, 15) is 0 Å². The monoisotopic (exact) mass is 511 g/mol. The number of pyridine rings is 2. The van der Waals surface area contributed by atoms with Gasteiger partial charge in [0.2, 0.25) is 5.88 Å². The molecule has 3 aromatic heterocycles. The summed E-state index contributed by atoms with van der Waals surface area (Å²) in [5.74, 6) is 3.54. The van der Waals surface area contributed by atoms with Crippen LogP contribution >= 0.6 is 0 Å². The Bertz CT molecular complexity index is 1800. The van der Waals surface area contributed by atoms with Gasteiger partial charge >= 0.3 is 0 Å². The van der Waals surface area contributed by atoms with E-state index in [2.05, 4.69) is 70.2 Å². The van der Waals surface area contributed by atoms with E-state index in [4.69, 9.17) is 14.5 Å². The molecule has 7 rings (SSSR count). The SMILES string of the molecule is COc1ccnc(Oc2cccc(-c3ccc4c5ccccc5n(-c5cc(C6CCCC6)ccn5)c4c3)c2)c1. The Kier molecular flexibility index (Phi) is 5.97. The molecule has 0 saturated heterocycles. The van der Waals surface area contributed by atoms with Crippen LogP contribution in [-0.4, -0.2) is 21.6 Å². The summed E-state index contributed by atoms with van der Waals surface area (Å²) in [5, 5.41) is 2.45. The van der Waals surface area contributed by atoms with Crippen molar-refractivity contribution in [2.75, 3.05) is 7.11 Å². The number of ether oxygens (including phenoxy) is 2. The van der Waals surface area contributed by atoms with Gasteiger partial charge in [0.25, 0.3) is 0 Å². The lowest BCUT2D eigenvalue weighted by Gasteiger charge is -2.13. The molecule has 6 aromatic rings. The molecule has 0 bridgehead atoms. The van der Waals surface area contributed by atoms with Crippen LogP contribution in [0.3, 0.4) is 0 Å². The summed E-state index contributed by atoms with van der Waals surface area (Å²) in [6, 6.07) is 31.5. The van der Waals surface area contributed by atoms with Gasteiger partial charge in [0.15, 0.2) is 0 Å². The van der Waals surface area contributed by atoms with Gasteiger partial charge in [-0.2, -0.15) is 0 Å².